The van der Waals surface area contributed by atoms with Gasteiger partial charge in [0.05, 0.1) is 6.54 Å². The molecule has 1 aromatic heterocycles. The Morgan fingerprint density at radius 3 is 2.94 bits per heavy atom. The number of nitrogens with one attached hydrogen (secondary N) is 1. The first kappa shape index (κ1) is 10.9. The van der Waals surface area contributed by atoms with E-state index in [0.717, 1.165) is 36.3 Å². The normalized spacial score (nSPS) is 15.0. The Labute approximate surface area is 94.5 Å². The molecule has 0 atom stereocenters. The Morgan fingerprint density at radius 2 is 2.12 bits per heavy atom. The maximum atomic E-state index is 10.7. The van der Waals surface area contributed by atoms with Gasteiger partial charge in [-0.25, -0.2) is 9.97 Å². The van der Waals surface area contributed by atoms with Gasteiger partial charge in [-0.05, 0) is 25.7 Å². The fourth-order valence-corrected chi connectivity index (χ4v) is 2.02. The minimum atomic E-state index is -0.374. The Hall–Kier alpha value is -1.65. The summed E-state index contributed by atoms with van der Waals surface area (Å²) in [6.07, 6.45) is 7.10. The second-order valence-corrected chi connectivity index (χ2v) is 4.03. The molecule has 1 aliphatic carbocycles. The maximum absolute atomic E-state index is 10.7. The van der Waals surface area contributed by atoms with Crippen LogP contribution < -0.4 is 11.1 Å². The van der Waals surface area contributed by atoms with Crippen LogP contribution in [-0.2, 0) is 17.6 Å². The van der Waals surface area contributed by atoms with Gasteiger partial charge in [0.15, 0.2) is 0 Å². The molecule has 3 N–H and O–H groups in total. The van der Waals surface area contributed by atoms with Gasteiger partial charge in [-0.2, -0.15) is 0 Å². The molecular formula is C11H16N4O. The number of aryl methyl sites for hydroxylation is 1. The number of amides is 1. The van der Waals surface area contributed by atoms with Crippen molar-refractivity contribution >= 4 is 11.7 Å². The summed E-state index contributed by atoms with van der Waals surface area (Å²) in [5.74, 6) is 0.395. The number of nitrogens with zero attached hydrogens (tertiary/aromatic N) is 2. The fourth-order valence-electron chi connectivity index (χ4n) is 2.02. The van der Waals surface area contributed by atoms with Gasteiger partial charge in [-0.1, -0.05) is 6.42 Å². The van der Waals surface area contributed by atoms with Crippen molar-refractivity contribution in [2.24, 2.45) is 5.73 Å². The first-order chi connectivity index (χ1) is 7.77. The lowest BCUT2D eigenvalue weighted by atomic mass is 10.1. The molecule has 5 nitrogen and oxygen atoms in total. The highest BCUT2D eigenvalue weighted by atomic mass is 16.1. The van der Waals surface area contributed by atoms with E-state index in [0.29, 0.717) is 0 Å². The molecule has 1 aliphatic rings. The topological polar surface area (TPSA) is 80.9 Å². The number of fused-ring (bicyclic) bond motifs is 1. The molecule has 86 valence electrons. The van der Waals surface area contributed by atoms with E-state index in [2.05, 4.69) is 15.3 Å². The number of anilines is 1. The summed E-state index contributed by atoms with van der Waals surface area (Å²) in [6, 6.07) is 0. The van der Waals surface area contributed by atoms with Gasteiger partial charge < -0.3 is 11.1 Å². The molecule has 5 heteroatoms. The number of hydrogen-bond acceptors (Lipinski definition) is 4. The second-order valence-electron chi connectivity index (χ2n) is 4.03. The summed E-state index contributed by atoms with van der Waals surface area (Å²) in [5.41, 5.74) is 7.37. The molecule has 0 saturated heterocycles. The zero-order valence-corrected chi connectivity index (χ0v) is 9.20. The molecule has 0 aliphatic heterocycles. The van der Waals surface area contributed by atoms with E-state index in [1.165, 1.54) is 12.8 Å². The number of carbonyl (C=O) groups excluding carboxylic acids is 1. The number of carbonyl (C=O) groups is 1. The smallest absolute Gasteiger partial charge is 0.236 e. The molecule has 0 radical (unpaired) electrons. The molecule has 1 aromatic rings. The van der Waals surface area contributed by atoms with Crippen LogP contribution in [0.4, 0.5) is 5.82 Å². The van der Waals surface area contributed by atoms with E-state index in [9.17, 15) is 4.79 Å². The number of nitrogens with two attached hydrogens (primary N) is 1. The summed E-state index contributed by atoms with van der Waals surface area (Å²) in [6.45, 7) is 0.128. The minimum absolute atomic E-state index is 0.128. The summed E-state index contributed by atoms with van der Waals surface area (Å²) in [7, 11) is 0. The van der Waals surface area contributed by atoms with Gasteiger partial charge in [-0.15, -0.1) is 0 Å². The van der Waals surface area contributed by atoms with E-state index in [1.807, 2.05) is 0 Å². The highest BCUT2D eigenvalue weighted by Gasteiger charge is 2.14. The summed E-state index contributed by atoms with van der Waals surface area (Å²) < 4.78 is 0. The number of primary amides is 1. The molecule has 0 aromatic carbocycles. The number of rotatable bonds is 3. The van der Waals surface area contributed by atoms with Gasteiger partial charge in [-0.3, -0.25) is 4.79 Å². The van der Waals surface area contributed by atoms with E-state index in [-0.39, 0.29) is 12.5 Å². The van der Waals surface area contributed by atoms with E-state index >= 15 is 0 Å². The highest BCUT2D eigenvalue weighted by molar-refractivity contribution is 5.78. The third-order valence-corrected chi connectivity index (χ3v) is 2.81. The Bertz CT molecular complexity index is 392. The Balaban J connectivity index is 2.20. The SMILES string of the molecule is NC(=O)CNc1ncnc2c1CCCCC2. The average Bonchev–Trinajstić information content (AvgIpc) is 2.51. The summed E-state index contributed by atoms with van der Waals surface area (Å²) >= 11 is 0. The van der Waals surface area contributed by atoms with Crippen LogP contribution in [0.5, 0.6) is 0 Å². The molecule has 2 rings (SSSR count). The fraction of sp³-hybridized carbons (Fsp3) is 0.545. The van der Waals surface area contributed by atoms with Gasteiger partial charge in [0.2, 0.25) is 5.91 Å². The third-order valence-electron chi connectivity index (χ3n) is 2.81. The molecule has 0 bridgehead atoms. The predicted octanol–water partition coefficient (Wildman–Crippen LogP) is 0.643. The van der Waals surface area contributed by atoms with Crippen LogP contribution >= 0.6 is 0 Å². The van der Waals surface area contributed by atoms with Crippen LogP contribution in [0.2, 0.25) is 0 Å². The van der Waals surface area contributed by atoms with Crippen molar-refractivity contribution < 1.29 is 4.79 Å². The lowest BCUT2D eigenvalue weighted by Gasteiger charge is -2.10. The lowest BCUT2D eigenvalue weighted by Crippen LogP contribution is -2.23. The third kappa shape index (κ3) is 2.48. The molecule has 1 heterocycles. The number of hydrogen-bond donors (Lipinski definition) is 2. The van der Waals surface area contributed by atoms with Crippen LogP contribution in [0.15, 0.2) is 6.33 Å². The van der Waals surface area contributed by atoms with Crippen LogP contribution in [-0.4, -0.2) is 22.4 Å². The van der Waals surface area contributed by atoms with Gasteiger partial charge in [0, 0.05) is 11.3 Å². The zero-order valence-electron chi connectivity index (χ0n) is 9.20. The maximum Gasteiger partial charge on any atom is 0.236 e. The standard InChI is InChI=1S/C11H16N4O/c12-10(16)6-13-11-8-4-2-1-3-5-9(8)14-7-15-11/h7H,1-6H2,(H2,12,16)(H,13,14,15). The van der Waals surface area contributed by atoms with E-state index < -0.39 is 0 Å². The summed E-state index contributed by atoms with van der Waals surface area (Å²) in [5, 5.41) is 2.97. The predicted molar refractivity (Wildman–Crippen MR) is 61.0 cm³/mol. The van der Waals surface area contributed by atoms with Crippen LogP contribution in [0, 0.1) is 0 Å². The second kappa shape index (κ2) is 4.92. The highest BCUT2D eigenvalue weighted by Crippen LogP contribution is 2.23. The first-order valence-corrected chi connectivity index (χ1v) is 5.62. The van der Waals surface area contributed by atoms with E-state index in [4.69, 9.17) is 5.73 Å². The molecule has 16 heavy (non-hydrogen) atoms. The van der Waals surface area contributed by atoms with Crippen molar-refractivity contribution in [2.75, 3.05) is 11.9 Å². The average molecular weight is 220 g/mol. The Kier molecular flexibility index (Phi) is 3.34. The zero-order chi connectivity index (χ0) is 11.4. The lowest BCUT2D eigenvalue weighted by molar-refractivity contribution is -0.116. The van der Waals surface area contributed by atoms with Crippen LogP contribution in [0.3, 0.4) is 0 Å². The van der Waals surface area contributed by atoms with Crippen molar-refractivity contribution in [1.82, 2.24) is 9.97 Å². The summed E-state index contributed by atoms with van der Waals surface area (Å²) in [4.78, 5) is 19.2. The minimum Gasteiger partial charge on any atom is -0.368 e. The molecule has 0 unspecified atom stereocenters. The quantitative estimate of drug-likeness (QED) is 0.732. The van der Waals surface area contributed by atoms with Gasteiger partial charge >= 0.3 is 0 Å². The van der Waals surface area contributed by atoms with Crippen molar-refractivity contribution in [3.05, 3.63) is 17.6 Å². The molecule has 0 saturated carbocycles. The Morgan fingerprint density at radius 1 is 1.31 bits per heavy atom. The first-order valence-electron chi connectivity index (χ1n) is 5.62. The van der Waals surface area contributed by atoms with Crippen LogP contribution in [0.25, 0.3) is 0 Å². The van der Waals surface area contributed by atoms with Crippen molar-refractivity contribution in [2.45, 2.75) is 32.1 Å². The van der Waals surface area contributed by atoms with Crippen LogP contribution in [0.1, 0.15) is 30.5 Å². The van der Waals surface area contributed by atoms with Gasteiger partial charge in [0.25, 0.3) is 0 Å². The van der Waals surface area contributed by atoms with Crippen molar-refractivity contribution in [3.63, 3.8) is 0 Å². The van der Waals surface area contributed by atoms with Crippen molar-refractivity contribution in [1.29, 1.82) is 0 Å². The molecule has 0 spiro atoms. The van der Waals surface area contributed by atoms with E-state index in [1.54, 1.807) is 6.33 Å². The number of aromatic nitrogens is 2. The molecule has 0 fully saturated rings. The largest absolute Gasteiger partial charge is 0.368 e. The van der Waals surface area contributed by atoms with Crippen molar-refractivity contribution in [3.8, 4) is 0 Å². The van der Waals surface area contributed by atoms with Gasteiger partial charge in [0.1, 0.15) is 12.1 Å². The monoisotopic (exact) mass is 220 g/mol. The molecule has 1 amide bonds. The molecular weight excluding hydrogens is 204 g/mol.